The smallest absolute Gasteiger partial charge is 0.270 e. The summed E-state index contributed by atoms with van der Waals surface area (Å²) in [7, 11) is 0. The van der Waals surface area contributed by atoms with E-state index < -0.39 is 0 Å². The predicted octanol–water partition coefficient (Wildman–Crippen LogP) is 4.00. The molecule has 4 heteroatoms. The zero-order valence-electron chi connectivity index (χ0n) is 15.9. The quantitative estimate of drug-likeness (QED) is 0.893. The Morgan fingerprint density at radius 3 is 2.41 bits per heavy atom. The summed E-state index contributed by atoms with van der Waals surface area (Å²) in [6.07, 6.45) is 8.99. The van der Waals surface area contributed by atoms with Gasteiger partial charge in [-0.15, -0.1) is 0 Å². The number of carbonyl (C=O) groups is 1. The molecule has 2 aliphatic rings. The van der Waals surface area contributed by atoms with Crippen LogP contribution in [-0.2, 0) is 0 Å². The molecule has 0 radical (unpaired) electrons. The van der Waals surface area contributed by atoms with E-state index >= 15 is 0 Å². The minimum Gasteiger partial charge on any atom is -0.348 e. The van der Waals surface area contributed by atoms with Crippen molar-refractivity contribution in [1.29, 1.82) is 0 Å². The number of pyridine rings is 1. The van der Waals surface area contributed by atoms with Crippen LogP contribution in [0.5, 0.6) is 0 Å². The summed E-state index contributed by atoms with van der Waals surface area (Å²) in [5.74, 6) is 0.605. The Morgan fingerprint density at radius 1 is 0.926 bits per heavy atom. The van der Waals surface area contributed by atoms with Gasteiger partial charge in [0.2, 0.25) is 0 Å². The highest BCUT2D eigenvalue weighted by atomic mass is 16.1. The van der Waals surface area contributed by atoms with E-state index in [0.29, 0.717) is 17.7 Å². The number of piperidine rings is 1. The molecule has 4 rings (SSSR count). The van der Waals surface area contributed by atoms with Crippen LogP contribution in [0.3, 0.4) is 0 Å². The van der Waals surface area contributed by atoms with Crippen LogP contribution < -0.4 is 5.32 Å². The molecule has 27 heavy (non-hydrogen) atoms. The molecule has 2 unspecified atom stereocenters. The van der Waals surface area contributed by atoms with Crippen LogP contribution in [0.4, 0.5) is 0 Å². The van der Waals surface area contributed by atoms with Crippen molar-refractivity contribution in [3.63, 3.8) is 0 Å². The van der Waals surface area contributed by atoms with E-state index in [9.17, 15) is 4.79 Å². The fraction of sp³-hybridized carbons (Fsp3) is 0.478. The van der Waals surface area contributed by atoms with Crippen LogP contribution in [0.25, 0.3) is 0 Å². The molecule has 1 saturated heterocycles. The van der Waals surface area contributed by atoms with Crippen molar-refractivity contribution in [3.05, 3.63) is 66.0 Å². The molecule has 1 aromatic heterocycles. The fourth-order valence-corrected chi connectivity index (χ4v) is 4.77. The molecule has 2 fully saturated rings. The fourth-order valence-electron chi connectivity index (χ4n) is 4.77. The van der Waals surface area contributed by atoms with Crippen molar-refractivity contribution in [2.24, 2.45) is 0 Å². The lowest BCUT2D eigenvalue weighted by Crippen LogP contribution is -2.50. The second-order valence-corrected chi connectivity index (χ2v) is 7.87. The molecule has 0 spiro atoms. The maximum absolute atomic E-state index is 12.3. The highest BCUT2D eigenvalue weighted by molar-refractivity contribution is 5.92. The Bertz CT molecular complexity index is 726. The third-order valence-electron chi connectivity index (χ3n) is 6.19. The number of nitrogens with zero attached hydrogens (tertiary/aromatic N) is 2. The first-order valence-electron chi connectivity index (χ1n) is 10.3. The number of aromatic nitrogens is 1. The van der Waals surface area contributed by atoms with Gasteiger partial charge in [0, 0.05) is 31.4 Å². The SMILES string of the molecule is O=C(NC1CCN(C2CCCCC2c2ccccc2)CC1)c1ccccn1. The average molecular weight is 364 g/mol. The van der Waals surface area contributed by atoms with Gasteiger partial charge in [0.15, 0.2) is 0 Å². The number of hydrogen-bond acceptors (Lipinski definition) is 3. The molecule has 142 valence electrons. The Kier molecular flexibility index (Phi) is 5.83. The number of hydrogen-bond donors (Lipinski definition) is 1. The molecule has 1 amide bonds. The normalized spacial score (nSPS) is 24.4. The summed E-state index contributed by atoms with van der Waals surface area (Å²) in [6, 6.07) is 17.4. The van der Waals surface area contributed by atoms with E-state index in [-0.39, 0.29) is 11.9 Å². The Hall–Kier alpha value is -2.20. The Balaban J connectivity index is 1.35. The van der Waals surface area contributed by atoms with Crippen LogP contribution in [0.15, 0.2) is 54.7 Å². The first-order valence-corrected chi connectivity index (χ1v) is 10.3. The van der Waals surface area contributed by atoms with Crippen LogP contribution in [-0.4, -0.2) is 41.0 Å². The van der Waals surface area contributed by atoms with Crippen molar-refractivity contribution >= 4 is 5.91 Å². The van der Waals surface area contributed by atoms with E-state index in [0.717, 1.165) is 25.9 Å². The molecule has 1 aliphatic carbocycles. The molecule has 0 bridgehead atoms. The lowest BCUT2D eigenvalue weighted by atomic mass is 9.78. The van der Waals surface area contributed by atoms with Crippen LogP contribution >= 0.6 is 0 Å². The highest BCUT2D eigenvalue weighted by Gasteiger charge is 2.33. The number of amides is 1. The van der Waals surface area contributed by atoms with Crippen LogP contribution in [0.1, 0.15) is 60.5 Å². The topological polar surface area (TPSA) is 45.2 Å². The Morgan fingerprint density at radius 2 is 1.67 bits per heavy atom. The second kappa shape index (κ2) is 8.66. The van der Waals surface area contributed by atoms with Gasteiger partial charge >= 0.3 is 0 Å². The van der Waals surface area contributed by atoms with Gasteiger partial charge in [-0.25, -0.2) is 0 Å². The molecule has 2 aromatic rings. The van der Waals surface area contributed by atoms with E-state index in [1.54, 1.807) is 12.3 Å². The second-order valence-electron chi connectivity index (χ2n) is 7.87. The molecule has 1 saturated carbocycles. The number of likely N-dealkylation sites (tertiary alicyclic amines) is 1. The lowest BCUT2D eigenvalue weighted by Gasteiger charge is -2.43. The number of nitrogens with one attached hydrogen (secondary N) is 1. The van der Waals surface area contributed by atoms with E-state index in [2.05, 4.69) is 45.5 Å². The minimum absolute atomic E-state index is 0.0473. The van der Waals surface area contributed by atoms with Gasteiger partial charge in [-0.05, 0) is 49.3 Å². The van der Waals surface area contributed by atoms with Gasteiger partial charge in [-0.1, -0.05) is 49.2 Å². The molecule has 4 nitrogen and oxygen atoms in total. The van der Waals surface area contributed by atoms with Crippen molar-refractivity contribution in [2.75, 3.05) is 13.1 Å². The molecule has 2 heterocycles. The Labute approximate surface area is 162 Å². The van der Waals surface area contributed by atoms with Crippen molar-refractivity contribution in [2.45, 2.75) is 56.5 Å². The molecule has 1 aromatic carbocycles. The van der Waals surface area contributed by atoms with Gasteiger partial charge in [0.25, 0.3) is 5.91 Å². The highest BCUT2D eigenvalue weighted by Crippen LogP contribution is 2.37. The summed E-state index contributed by atoms with van der Waals surface area (Å²) in [5, 5.41) is 3.17. The predicted molar refractivity (Wildman–Crippen MR) is 108 cm³/mol. The first kappa shape index (κ1) is 18.2. The summed E-state index contributed by atoms with van der Waals surface area (Å²) in [5.41, 5.74) is 2.00. The standard InChI is InChI=1S/C23H29N3O/c27-23(21-11-6-7-15-24-21)25-19-13-16-26(17-14-19)22-12-5-4-10-20(22)18-8-2-1-3-9-18/h1-3,6-9,11,15,19-20,22H,4-5,10,12-14,16-17H2,(H,25,27). The number of carbonyl (C=O) groups excluding carboxylic acids is 1. The summed E-state index contributed by atoms with van der Waals surface area (Å²) >= 11 is 0. The largest absolute Gasteiger partial charge is 0.348 e. The summed E-state index contributed by atoms with van der Waals surface area (Å²) in [4.78, 5) is 19.2. The third kappa shape index (κ3) is 4.38. The van der Waals surface area contributed by atoms with Gasteiger partial charge < -0.3 is 5.32 Å². The summed E-state index contributed by atoms with van der Waals surface area (Å²) < 4.78 is 0. The van der Waals surface area contributed by atoms with Gasteiger partial charge in [0.1, 0.15) is 5.69 Å². The van der Waals surface area contributed by atoms with Crippen LogP contribution in [0, 0.1) is 0 Å². The zero-order chi connectivity index (χ0) is 18.5. The third-order valence-corrected chi connectivity index (χ3v) is 6.19. The van der Waals surface area contributed by atoms with E-state index in [4.69, 9.17) is 0 Å². The minimum atomic E-state index is -0.0473. The van der Waals surface area contributed by atoms with Crippen molar-refractivity contribution in [3.8, 4) is 0 Å². The molecule has 1 N–H and O–H groups in total. The number of benzene rings is 1. The van der Waals surface area contributed by atoms with Crippen molar-refractivity contribution in [1.82, 2.24) is 15.2 Å². The lowest BCUT2D eigenvalue weighted by molar-refractivity contribution is 0.0827. The van der Waals surface area contributed by atoms with Gasteiger partial charge in [0.05, 0.1) is 0 Å². The van der Waals surface area contributed by atoms with E-state index in [1.165, 1.54) is 31.2 Å². The number of rotatable bonds is 4. The maximum Gasteiger partial charge on any atom is 0.270 e. The average Bonchev–Trinajstić information content (AvgIpc) is 2.75. The summed E-state index contributed by atoms with van der Waals surface area (Å²) in [6.45, 7) is 2.14. The molecular formula is C23H29N3O. The molecule has 1 aliphatic heterocycles. The van der Waals surface area contributed by atoms with Gasteiger partial charge in [-0.2, -0.15) is 0 Å². The van der Waals surface area contributed by atoms with Gasteiger partial charge in [-0.3, -0.25) is 14.7 Å². The zero-order valence-corrected chi connectivity index (χ0v) is 15.9. The van der Waals surface area contributed by atoms with Crippen LogP contribution in [0.2, 0.25) is 0 Å². The molecular weight excluding hydrogens is 334 g/mol. The molecule has 2 atom stereocenters. The van der Waals surface area contributed by atoms with Crippen molar-refractivity contribution < 1.29 is 4.79 Å². The maximum atomic E-state index is 12.3. The first-order chi connectivity index (χ1) is 13.3. The van der Waals surface area contributed by atoms with E-state index in [1.807, 2.05) is 12.1 Å². The monoisotopic (exact) mass is 363 g/mol.